The van der Waals surface area contributed by atoms with E-state index in [0.717, 1.165) is 17.7 Å². The van der Waals surface area contributed by atoms with Gasteiger partial charge in [0.05, 0.1) is 18.1 Å². The molecule has 2 aliphatic carbocycles. The molecule has 2 heterocycles. The zero-order valence-electron chi connectivity index (χ0n) is 13.2. The van der Waals surface area contributed by atoms with Gasteiger partial charge in [-0.2, -0.15) is 0 Å². The van der Waals surface area contributed by atoms with Gasteiger partial charge in [-0.15, -0.1) is 6.58 Å². The minimum atomic E-state index is -0.654. The van der Waals surface area contributed by atoms with Crippen molar-refractivity contribution in [3.63, 3.8) is 0 Å². The van der Waals surface area contributed by atoms with Crippen LogP contribution in [0.2, 0.25) is 0 Å². The lowest BCUT2D eigenvalue weighted by molar-refractivity contribution is -0.132. The Labute approximate surface area is 135 Å². The standard InChI is InChI=1S/C19H21NO3/c1-3-7-19-15-13-9-12(16(21)17(13)23-19)14(15)18(22)20(19)11-6-4-5-10(2)8-11/h3-6,8,12-17,21H,1,7,9H2,2H3. The van der Waals surface area contributed by atoms with Crippen molar-refractivity contribution < 1.29 is 14.6 Å². The van der Waals surface area contributed by atoms with Crippen LogP contribution in [0.5, 0.6) is 0 Å². The first-order chi connectivity index (χ1) is 11.1. The molecular weight excluding hydrogens is 290 g/mol. The van der Waals surface area contributed by atoms with Crippen molar-refractivity contribution in [2.45, 2.75) is 37.7 Å². The molecule has 2 saturated heterocycles. The quantitative estimate of drug-likeness (QED) is 0.871. The van der Waals surface area contributed by atoms with E-state index in [2.05, 4.69) is 6.58 Å². The number of anilines is 1. The Hall–Kier alpha value is -1.65. The van der Waals surface area contributed by atoms with Gasteiger partial charge in [0, 0.05) is 18.0 Å². The number of aliphatic hydroxyl groups is 1. The molecule has 0 radical (unpaired) electrons. The van der Waals surface area contributed by atoms with Crippen molar-refractivity contribution in [2.24, 2.45) is 23.7 Å². The van der Waals surface area contributed by atoms with E-state index in [9.17, 15) is 9.90 Å². The lowest BCUT2D eigenvalue weighted by atomic mass is 9.76. The van der Waals surface area contributed by atoms with Crippen LogP contribution in [0, 0.1) is 30.6 Å². The van der Waals surface area contributed by atoms with Crippen LogP contribution in [0.25, 0.3) is 0 Å². The van der Waals surface area contributed by atoms with Crippen molar-refractivity contribution in [1.29, 1.82) is 0 Å². The number of fused-ring (bicyclic) bond motifs is 2. The van der Waals surface area contributed by atoms with E-state index in [1.165, 1.54) is 0 Å². The number of aliphatic hydroxyl groups excluding tert-OH is 1. The van der Waals surface area contributed by atoms with Crippen LogP contribution in [0.1, 0.15) is 18.4 Å². The summed E-state index contributed by atoms with van der Waals surface area (Å²) in [4.78, 5) is 15.1. The average molecular weight is 311 g/mol. The first-order valence-corrected chi connectivity index (χ1v) is 8.46. The molecule has 0 spiro atoms. The lowest BCUT2D eigenvalue weighted by Gasteiger charge is -2.38. The SMILES string of the molecule is C=CCC12OC3C(O)C4CC3C1C4C(=O)N2c1cccc(C)c1. The van der Waals surface area contributed by atoms with Gasteiger partial charge >= 0.3 is 0 Å². The van der Waals surface area contributed by atoms with Crippen molar-refractivity contribution in [1.82, 2.24) is 0 Å². The van der Waals surface area contributed by atoms with E-state index in [1.54, 1.807) is 0 Å². The molecule has 4 fully saturated rings. The molecule has 120 valence electrons. The van der Waals surface area contributed by atoms with Crippen LogP contribution in [0.3, 0.4) is 0 Å². The third-order valence-corrected chi connectivity index (χ3v) is 6.49. The second-order valence-corrected chi connectivity index (χ2v) is 7.54. The summed E-state index contributed by atoms with van der Waals surface area (Å²) >= 11 is 0. The van der Waals surface area contributed by atoms with Crippen molar-refractivity contribution in [2.75, 3.05) is 4.90 Å². The average Bonchev–Trinajstić information content (AvgIpc) is 3.16. The van der Waals surface area contributed by atoms with Crippen LogP contribution in [0.4, 0.5) is 5.69 Å². The fourth-order valence-electron chi connectivity index (χ4n) is 5.88. The largest absolute Gasteiger partial charge is 0.390 e. The predicted octanol–water partition coefficient (Wildman–Crippen LogP) is 2.26. The molecule has 23 heavy (non-hydrogen) atoms. The van der Waals surface area contributed by atoms with Gasteiger partial charge in [-0.05, 0) is 42.9 Å². The summed E-state index contributed by atoms with van der Waals surface area (Å²) in [6, 6.07) is 8.04. The minimum absolute atomic E-state index is 0.0593. The van der Waals surface area contributed by atoms with Crippen molar-refractivity contribution in [3.05, 3.63) is 42.5 Å². The fourth-order valence-corrected chi connectivity index (χ4v) is 5.88. The van der Waals surface area contributed by atoms with E-state index in [-0.39, 0.29) is 29.8 Å². The maximum absolute atomic E-state index is 13.2. The molecule has 2 aliphatic heterocycles. The monoisotopic (exact) mass is 311 g/mol. The predicted molar refractivity (Wildman–Crippen MR) is 85.7 cm³/mol. The molecule has 1 amide bonds. The number of benzene rings is 1. The van der Waals surface area contributed by atoms with Gasteiger partial charge in [-0.3, -0.25) is 9.69 Å². The van der Waals surface area contributed by atoms with E-state index >= 15 is 0 Å². The molecule has 1 N–H and O–H groups in total. The highest BCUT2D eigenvalue weighted by Crippen LogP contribution is 2.68. The molecule has 0 aromatic heterocycles. The fraction of sp³-hybridized carbons (Fsp3) is 0.526. The number of hydrogen-bond acceptors (Lipinski definition) is 3. The summed E-state index contributed by atoms with van der Waals surface area (Å²) < 4.78 is 6.43. The molecule has 2 bridgehead atoms. The number of amides is 1. The topological polar surface area (TPSA) is 49.8 Å². The number of nitrogens with zero attached hydrogens (tertiary/aromatic N) is 1. The Bertz CT molecular complexity index is 716. The van der Waals surface area contributed by atoms with Crippen LogP contribution in [0.15, 0.2) is 36.9 Å². The van der Waals surface area contributed by atoms with Gasteiger partial charge in [0.2, 0.25) is 5.91 Å². The number of aryl methyl sites for hydroxylation is 1. The van der Waals surface area contributed by atoms with Gasteiger partial charge in [-0.25, -0.2) is 0 Å². The molecule has 4 aliphatic rings. The van der Waals surface area contributed by atoms with Gasteiger partial charge in [0.1, 0.15) is 0 Å². The van der Waals surface area contributed by atoms with Crippen LogP contribution in [-0.4, -0.2) is 28.9 Å². The number of carbonyl (C=O) groups excluding carboxylic acids is 1. The van der Waals surface area contributed by atoms with Gasteiger partial charge in [0.15, 0.2) is 5.72 Å². The minimum Gasteiger partial charge on any atom is -0.390 e. The third kappa shape index (κ3) is 1.42. The second kappa shape index (κ2) is 4.25. The number of hydrogen-bond donors (Lipinski definition) is 1. The van der Waals surface area contributed by atoms with Crippen molar-refractivity contribution >= 4 is 11.6 Å². The maximum atomic E-state index is 13.2. The number of carbonyl (C=O) groups is 1. The highest BCUT2D eigenvalue weighted by molar-refractivity contribution is 6.00. The highest BCUT2D eigenvalue weighted by Gasteiger charge is 2.78. The van der Waals surface area contributed by atoms with Gasteiger partial charge in [0.25, 0.3) is 0 Å². The Morgan fingerprint density at radius 3 is 3.04 bits per heavy atom. The third-order valence-electron chi connectivity index (χ3n) is 6.49. The summed E-state index contributed by atoms with van der Waals surface area (Å²) in [7, 11) is 0. The lowest BCUT2D eigenvalue weighted by Crippen LogP contribution is -2.51. The van der Waals surface area contributed by atoms with E-state index in [1.807, 2.05) is 42.2 Å². The molecule has 1 aromatic carbocycles. The van der Waals surface area contributed by atoms with Crippen LogP contribution < -0.4 is 4.90 Å². The summed E-state index contributed by atoms with van der Waals surface area (Å²) in [5.74, 6) is 0.566. The summed E-state index contributed by atoms with van der Waals surface area (Å²) in [5, 5.41) is 10.5. The van der Waals surface area contributed by atoms with Gasteiger partial charge in [-0.1, -0.05) is 18.2 Å². The van der Waals surface area contributed by atoms with E-state index in [0.29, 0.717) is 12.3 Å². The molecular formula is C19H21NO3. The first-order valence-electron chi connectivity index (χ1n) is 8.46. The Balaban J connectivity index is 1.69. The molecule has 2 saturated carbocycles. The Morgan fingerprint density at radius 2 is 2.30 bits per heavy atom. The Morgan fingerprint density at radius 1 is 1.48 bits per heavy atom. The molecule has 5 rings (SSSR count). The molecule has 7 atom stereocenters. The smallest absolute Gasteiger partial charge is 0.233 e. The summed E-state index contributed by atoms with van der Waals surface area (Å²) in [5.41, 5.74) is 1.38. The van der Waals surface area contributed by atoms with Gasteiger partial charge < -0.3 is 9.84 Å². The van der Waals surface area contributed by atoms with Crippen LogP contribution in [-0.2, 0) is 9.53 Å². The molecule has 4 nitrogen and oxygen atoms in total. The number of ether oxygens (including phenoxy) is 1. The first kappa shape index (κ1) is 13.8. The van der Waals surface area contributed by atoms with Crippen LogP contribution >= 0.6 is 0 Å². The van der Waals surface area contributed by atoms with Crippen molar-refractivity contribution in [3.8, 4) is 0 Å². The molecule has 1 aromatic rings. The zero-order valence-corrected chi connectivity index (χ0v) is 13.2. The normalized spacial score (nSPS) is 46.0. The molecule has 7 unspecified atom stereocenters. The summed E-state index contributed by atoms with van der Waals surface area (Å²) in [6.07, 6.45) is 2.77. The molecule has 4 heteroatoms. The van der Waals surface area contributed by atoms with E-state index in [4.69, 9.17) is 4.74 Å². The summed E-state index contributed by atoms with van der Waals surface area (Å²) in [6.45, 7) is 5.93. The zero-order chi connectivity index (χ0) is 15.9. The Kier molecular flexibility index (Phi) is 2.54. The number of rotatable bonds is 3. The maximum Gasteiger partial charge on any atom is 0.233 e. The second-order valence-electron chi connectivity index (χ2n) is 7.54. The van der Waals surface area contributed by atoms with E-state index < -0.39 is 11.8 Å². The highest BCUT2D eigenvalue weighted by atomic mass is 16.6.